The Bertz CT molecular complexity index is 6.00. The fourth-order valence-electron chi connectivity index (χ4n) is 0. The Morgan fingerprint density at radius 2 is 0.750 bits per heavy atom. The number of hydrogen-bond acceptors (Lipinski definition) is 0. The molecule has 0 saturated heterocycles. The second kappa shape index (κ2) is 30.4. The van der Waals surface area contributed by atoms with Gasteiger partial charge in [0.25, 0.3) is 0 Å². The van der Waals surface area contributed by atoms with E-state index in [1.807, 2.05) is 0 Å². The van der Waals surface area contributed by atoms with E-state index in [1.165, 1.54) is 0 Å². The average Bonchev–Trinajstić information content (AvgIpc) is 0. The maximum absolute atomic E-state index is 0. The third kappa shape index (κ3) is 10.9. The van der Waals surface area contributed by atoms with Crippen LogP contribution in [0.2, 0.25) is 0 Å². The average molecular weight is 96.9 g/mol. The monoisotopic (exact) mass is 96.0 g/mol. The van der Waals surface area contributed by atoms with E-state index in [1.54, 1.807) is 0 Å². The summed E-state index contributed by atoms with van der Waals surface area (Å²) in [5.41, 5.74) is 0. The summed E-state index contributed by atoms with van der Waals surface area (Å²) in [5.74, 6) is 0. The van der Waals surface area contributed by atoms with Crippen molar-refractivity contribution in [2.24, 2.45) is 0 Å². The molecule has 0 nitrogen and oxygen atoms in total. The van der Waals surface area contributed by atoms with Gasteiger partial charge in [0.15, 0.2) is 0 Å². The van der Waals surface area contributed by atoms with Gasteiger partial charge in [0, 0.05) is 0 Å². The molecule has 0 aliphatic carbocycles. The van der Waals surface area contributed by atoms with Crippen LogP contribution in [0.1, 0.15) is 7.43 Å². The Balaban J connectivity index is 0. The van der Waals surface area contributed by atoms with Crippen LogP contribution in [-0.2, 0) is 0 Å². The van der Waals surface area contributed by atoms with Gasteiger partial charge < -0.3 is 0 Å². The molecule has 0 amide bonds. The summed E-state index contributed by atoms with van der Waals surface area (Å²) in [4.78, 5) is 0. The molecule has 0 aliphatic heterocycles. The molecule has 0 radical (unpaired) electrons. The normalized spacial score (nSPS) is 0. The number of halogens is 2. The van der Waals surface area contributed by atoms with E-state index in [2.05, 4.69) is 0 Å². The van der Waals surface area contributed by atoms with Crippen LogP contribution in [-0.4, -0.2) is 18.9 Å². The molecule has 0 unspecified atom stereocenters. The van der Waals surface area contributed by atoms with Crippen molar-refractivity contribution in [1.29, 1.82) is 0 Å². The van der Waals surface area contributed by atoms with Crippen molar-refractivity contribution in [3.05, 3.63) is 0 Å². The second-order valence-corrected chi connectivity index (χ2v) is 0. The summed E-state index contributed by atoms with van der Waals surface area (Å²) >= 11 is 0. The molecular weight excluding hydrogens is 89.9 g/mol. The molecular formula is CH7Cl2Li. The first-order valence-electron chi connectivity index (χ1n) is 0. The van der Waals surface area contributed by atoms with Crippen LogP contribution in [0, 0.1) is 0 Å². The third-order valence-corrected chi connectivity index (χ3v) is 0. The minimum absolute atomic E-state index is 0. The van der Waals surface area contributed by atoms with Gasteiger partial charge in [0.05, 0.1) is 0 Å². The van der Waals surface area contributed by atoms with Crippen molar-refractivity contribution in [3.8, 4) is 0 Å². The molecule has 4 heavy (non-hydrogen) atoms. The summed E-state index contributed by atoms with van der Waals surface area (Å²) in [7, 11) is 0. The van der Waals surface area contributed by atoms with Gasteiger partial charge in [-0.1, -0.05) is 7.43 Å². The van der Waals surface area contributed by atoms with E-state index >= 15 is 0 Å². The van der Waals surface area contributed by atoms with E-state index in [0.29, 0.717) is 0 Å². The van der Waals surface area contributed by atoms with Crippen molar-refractivity contribution < 1.29 is 0 Å². The number of rotatable bonds is 0. The molecule has 0 spiro atoms. The van der Waals surface area contributed by atoms with Crippen molar-refractivity contribution in [2.45, 2.75) is 7.43 Å². The molecule has 0 aromatic heterocycles. The molecule has 0 heterocycles. The van der Waals surface area contributed by atoms with Gasteiger partial charge in [-0.15, -0.1) is 24.8 Å². The summed E-state index contributed by atoms with van der Waals surface area (Å²) in [5, 5.41) is 0. The van der Waals surface area contributed by atoms with Gasteiger partial charge in [0.1, 0.15) is 0 Å². The van der Waals surface area contributed by atoms with Crippen LogP contribution in [0.4, 0.5) is 0 Å². The Kier molecular flexibility index (Phi) is 496. The Morgan fingerprint density at radius 3 is 0.750 bits per heavy atom. The predicted octanol–water partition coefficient (Wildman–Crippen LogP) is 0.831. The molecule has 3 heteroatoms. The standard InChI is InChI=1S/CH4.2ClH.Li.H/h1H4;2*1H;;. The molecule has 0 aromatic rings. The molecule has 0 bridgehead atoms. The van der Waals surface area contributed by atoms with E-state index in [4.69, 9.17) is 0 Å². The Labute approximate surface area is 51.3 Å². The molecule has 0 atom stereocenters. The molecule has 0 N–H and O–H groups in total. The first kappa shape index (κ1) is 65.2. The van der Waals surface area contributed by atoms with Gasteiger partial charge in [-0.05, 0) is 0 Å². The quantitative estimate of drug-likeness (QED) is 0.392. The molecule has 0 rings (SSSR count). The SMILES string of the molecule is C.Cl.Cl.[LiH]. The summed E-state index contributed by atoms with van der Waals surface area (Å²) in [6.45, 7) is 0. The van der Waals surface area contributed by atoms with Crippen LogP contribution in [0.5, 0.6) is 0 Å². The Hall–Kier alpha value is 1.18. The second-order valence-electron chi connectivity index (χ2n) is 0. The zero-order valence-electron chi connectivity index (χ0n) is 0.816. The van der Waals surface area contributed by atoms with Gasteiger partial charge in [-0.3, -0.25) is 0 Å². The van der Waals surface area contributed by atoms with E-state index in [0.717, 1.165) is 0 Å². The fraction of sp³-hybridized carbons (Fsp3) is 1.00. The van der Waals surface area contributed by atoms with E-state index in [-0.39, 0.29) is 51.1 Å². The van der Waals surface area contributed by atoms with Crippen LogP contribution >= 0.6 is 24.8 Å². The van der Waals surface area contributed by atoms with Crippen LogP contribution in [0.3, 0.4) is 0 Å². The van der Waals surface area contributed by atoms with Crippen LogP contribution in [0.15, 0.2) is 0 Å². The van der Waals surface area contributed by atoms with E-state index in [9.17, 15) is 0 Å². The predicted molar refractivity (Wildman–Crippen MR) is 28.4 cm³/mol. The zero-order chi connectivity index (χ0) is 0. The topological polar surface area (TPSA) is 0 Å². The molecule has 0 aromatic carbocycles. The van der Waals surface area contributed by atoms with Crippen LogP contribution < -0.4 is 0 Å². The van der Waals surface area contributed by atoms with Gasteiger partial charge >= 0.3 is 18.9 Å². The van der Waals surface area contributed by atoms with Gasteiger partial charge in [-0.2, -0.15) is 0 Å². The first-order valence-corrected chi connectivity index (χ1v) is 0. The minimum atomic E-state index is 0. The van der Waals surface area contributed by atoms with Crippen molar-refractivity contribution in [3.63, 3.8) is 0 Å². The van der Waals surface area contributed by atoms with E-state index < -0.39 is 0 Å². The summed E-state index contributed by atoms with van der Waals surface area (Å²) < 4.78 is 0. The maximum atomic E-state index is 0. The summed E-state index contributed by atoms with van der Waals surface area (Å²) in [6.07, 6.45) is 0. The van der Waals surface area contributed by atoms with Crippen molar-refractivity contribution >= 4 is 43.7 Å². The van der Waals surface area contributed by atoms with Gasteiger partial charge in [0.2, 0.25) is 0 Å². The summed E-state index contributed by atoms with van der Waals surface area (Å²) in [6, 6.07) is 0. The van der Waals surface area contributed by atoms with Gasteiger partial charge in [-0.25, -0.2) is 0 Å². The molecule has 0 aliphatic rings. The first-order chi connectivity index (χ1) is 0. The molecule has 26 valence electrons. The fourth-order valence-corrected chi connectivity index (χ4v) is 0. The molecule has 0 fully saturated rings. The third-order valence-electron chi connectivity index (χ3n) is 0. The molecule has 0 saturated carbocycles. The van der Waals surface area contributed by atoms with Crippen molar-refractivity contribution in [1.82, 2.24) is 0 Å². The van der Waals surface area contributed by atoms with Crippen molar-refractivity contribution in [2.75, 3.05) is 0 Å². The Morgan fingerprint density at radius 1 is 0.750 bits per heavy atom. The van der Waals surface area contributed by atoms with Crippen LogP contribution in [0.25, 0.3) is 0 Å². The zero-order valence-corrected chi connectivity index (χ0v) is 2.45. The number of hydrogen-bond donors (Lipinski definition) is 0.